The highest BCUT2D eigenvalue weighted by atomic mass is 32.2. The zero-order chi connectivity index (χ0) is 17.6. The molecule has 0 radical (unpaired) electrons. The molecule has 25 heavy (non-hydrogen) atoms. The maximum absolute atomic E-state index is 12.4. The summed E-state index contributed by atoms with van der Waals surface area (Å²) in [6, 6.07) is 5.04. The van der Waals surface area contributed by atoms with Gasteiger partial charge in [-0.05, 0) is 24.8 Å². The van der Waals surface area contributed by atoms with Gasteiger partial charge in [-0.2, -0.15) is 0 Å². The number of nitrogens with one attached hydrogen (secondary N) is 1. The molecule has 1 N–H and O–H groups in total. The van der Waals surface area contributed by atoms with E-state index in [-0.39, 0.29) is 23.4 Å². The van der Waals surface area contributed by atoms with Crippen molar-refractivity contribution >= 4 is 21.7 Å². The molecule has 8 heteroatoms. The van der Waals surface area contributed by atoms with Crippen molar-refractivity contribution in [3.63, 3.8) is 0 Å². The number of sulfonamides is 1. The van der Waals surface area contributed by atoms with Crippen LogP contribution in [0.3, 0.4) is 0 Å². The molecule has 7 nitrogen and oxygen atoms in total. The maximum atomic E-state index is 12.4. The number of carbonyl (C=O) groups excluding carboxylic acids is 2. The summed E-state index contributed by atoms with van der Waals surface area (Å²) in [5, 5.41) is 0. The second kappa shape index (κ2) is 6.01. The van der Waals surface area contributed by atoms with Gasteiger partial charge in [-0.3, -0.25) is 14.3 Å². The molecule has 2 saturated carbocycles. The third kappa shape index (κ3) is 3.10. The number of hydrogen-bond acceptors (Lipinski definition) is 6. The van der Waals surface area contributed by atoms with Gasteiger partial charge in [0.05, 0.1) is 5.75 Å². The fourth-order valence-electron chi connectivity index (χ4n) is 4.11. The number of ketones is 1. The van der Waals surface area contributed by atoms with Gasteiger partial charge in [0, 0.05) is 23.8 Å². The molecule has 0 spiro atoms. The van der Waals surface area contributed by atoms with E-state index in [4.69, 9.17) is 9.47 Å². The molecule has 2 bridgehead atoms. The van der Waals surface area contributed by atoms with E-state index in [0.717, 1.165) is 0 Å². The molecule has 1 unspecified atom stereocenters. The lowest BCUT2D eigenvalue weighted by Crippen LogP contribution is -2.40. The molecular formula is C17H19NO6S. The molecule has 134 valence electrons. The summed E-state index contributed by atoms with van der Waals surface area (Å²) in [6.45, 7) is 0.766. The van der Waals surface area contributed by atoms with Gasteiger partial charge in [0.2, 0.25) is 15.9 Å². The maximum Gasteiger partial charge on any atom is 0.239 e. The van der Waals surface area contributed by atoms with Gasteiger partial charge in [0.1, 0.15) is 19.0 Å². The van der Waals surface area contributed by atoms with E-state index in [1.54, 1.807) is 18.2 Å². The van der Waals surface area contributed by atoms with Crippen LogP contribution in [0.25, 0.3) is 0 Å². The minimum absolute atomic E-state index is 0.0801. The Balaban J connectivity index is 1.48. The van der Waals surface area contributed by atoms with Crippen LogP contribution in [0.15, 0.2) is 18.2 Å². The van der Waals surface area contributed by atoms with Crippen molar-refractivity contribution in [1.82, 2.24) is 4.72 Å². The number of amides is 1. The summed E-state index contributed by atoms with van der Waals surface area (Å²) >= 11 is 0. The van der Waals surface area contributed by atoms with E-state index in [9.17, 15) is 18.0 Å². The Bertz CT molecular complexity index is 834. The molecule has 1 aliphatic heterocycles. The summed E-state index contributed by atoms with van der Waals surface area (Å²) < 4.78 is 38.0. The third-order valence-corrected chi connectivity index (χ3v) is 6.35. The van der Waals surface area contributed by atoms with Crippen LogP contribution in [0.2, 0.25) is 0 Å². The Morgan fingerprint density at radius 1 is 1.20 bits per heavy atom. The van der Waals surface area contributed by atoms with Gasteiger partial charge >= 0.3 is 0 Å². The SMILES string of the molecule is O=C(NS(=O)(=O)Cc1cccc2c1OCCO2)C1C[C@H]2CC(=O)[C@@H]1C2. The van der Waals surface area contributed by atoms with Crippen molar-refractivity contribution in [3.05, 3.63) is 23.8 Å². The smallest absolute Gasteiger partial charge is 0.239 e. The third-order valence-electron chi connectivity index (χ3n) is 5.15. The fourth-order valence-corrected chi connectivity index (χ4v) is 5.28. The zero-order valence-corrected chi connectivity index (χ0v) is 14.4. The lowest BCUT2D eigenvalue weighted by Gasteiger charge is -2.22. The van der Waals surface area contributed by atoms with E-state index in [1.807, 2.05) is 0 Å². The molecular weight excluding hydrogens is 346 g/mol. The van der Waals surface area contributed by atoms with Crippen LogP contribution in [0.5, 0.6) is 11.5 Å². The highest BCUT2D eigenvalue weighted by Gasteiger charge is 2.49. The quantitative estimate of drug-likeness (QED) is 0.855. The van der Waals surface area contributed by atoms with Crippen molar-refractivity contribution < 1.29 is 27.5 Å². The van der Waals surface area contributed by atoms with Gasteiger partial charge in [-0.1, -0.05) is 12.1 Å². The molecule has 3 atom stereocenters. The first-order valence-corrected chi connectivity index (χ1v) is 10.0. The van der Waals surface area contributed by atoms with Crippen LogP contribution < -0.4 is 14.2 Å². The van der Waals surface area contributed by atoms with Gasteiger partial charge < -0.3 is 9.47 Å². The van der Waals surface area contributed by atoms with Gasteiger partial charge in [0.25, 0.3) is 0 Å². The van der Waals surface area contributed by atoms with Crippen molar-refractivity contribution in [2.75, 3.05) is 13.2 Å². The first-order chi connectivity index (χ1) is 11.9. The lowest BCUT2D eigenvalue weighted by molar-refractivity contribution is -0.132. The van der Waals surface area contributed by atoms with Gasteiger partial charge in [0.15, 0.2) is 11.5 Å². The average molecular weight is 365 g/mol. The standard InChI is InChI=1S/C17H19NO6S/c19-14-8-10-6-12(14)13(7-10)17(20)18-25(21,22)9-11-2-1-3-15-16(11)24-5-4-23-15/h1-3,10,12-13H,4-9H2,(H,18,20)/t10-,12+,13?/m0/s1. The summed E-state index contributed by atoms with van der Waals surface area (Å²) in [5.41, 5.74) is 0.446. The van der Waals surface area contributed by atoms with Crippen LogP contribution in [0, 0.1) is 17.8 Å². The van der Waals surface area contributed by atoms with Crippen molar-refractivity contribution in [2.45, 2.75) is 25.0 Å². The molecule has 1 amide bonds. The first kappa shape index (κ1) is 16.4. The van der Waals surface area contributed by atoms with Crippen LogP contribution in [-0.4, -0.2) is 33.3 Å². The molecule has 2 fully saturated rings. The second-order valence-electron chi connectivity index (χ2n) is 6.89. The Hall–Kier alpha value is -2.09. The normalized spacial score (nSPS) is 27.4. The van der Waals surface area contributed by atoms with E-state index in [1.165, 1.54) is 0 Å². The number of fused-ring (bicyclic) bond motifs is 3. The summed E-state index contributed by atoms with van der Waals surface area (Å²) in [5.74, 6) is -0.570. The second-order valence-corrected chi connectivity index (χ2v) is 8.61. The number of rotatable bonds is 4. The Labute approximate surface area is 145 Å². The Morgan fingerprint density at radius 3 is 2.76 bits per heavy atom. The predicted molar refractivity (Wildman–Crippen MR) is 87.5 cm³/mol. The molecule has 4 rings (SSSR count). The Kier molecular flexibility index (Phi) is 3.94. The molecule has 0 aromatic heterocycles. The van der Waals surface area contributed by atoms with Gasteiger partial charge in [-0.15, -0.1) is 0 Å². The largest absolute Gasteiger partial charge is 0.486 e. The topological polar surface area (TPSA) is 98.8 Å². The minimum Gasteiger partial charge on any atom is -0.486 e. The van der Waals surface area contributed by atoms with Crippen LogP contribution in [0.4, 0.5) is 0 Å². The molecule has 0 saturated heterocycles. The highest BCUT2D eigenvalue weighted by molar-refractivity contribution is 7.89. The summed E-state index contributed by atoms with van der Waals surface area (Å²) in [6.07, 6.45) is 1.82. The van der Waals surface area contributed by atoms with E-state index in [2.05, 4.69) is 4.72 Å². The number of para-hydroxylation sites is 1. The van der Waals surface area contributed by atoms with Crippen molar-refractivity contribution in [2.24, 2.45) is 17.8 Å². The van der Waals surface area contributed by atoms with Crippen molar-refractivity contribution in [3.8, 4) is 11.5 Å². The van der Waals surface area contributed by atoms with Crippen LogP contribution >= 0.6 is 0 Å². The van der Waals surface area contributed by atoms with Crippen LogP contribution in [0.1, 0.15) is 24.8 Å². The molecule has 1 aromatic rings. The Morgan fingerprint density at radius 2 is 2.00 bits per heavy atom. The number of ether oxygens (including phenoxy) is 2. The summed E-state index contributed by atoms with van der Waals surface area (Å²) in [7, 11) is -3.89. The molecule has 1 heterocycles. The molecule has 3 aliphatic rings. The summed E-state index contributed by atoms with van der Waals surface area (Å²) in [4.78, 5) is 24.2. The van der Waals surface area contributed by atoms with E-state index in [0.29, 0.717) is 49.5 Å². The first-order valence-electron chi connectivity index (χ1n) is 8.37. The fraction of sp³-hybridized carbons (Fsp3) is 0.529. The van der Waals surface area contributed by atoms with Crippen LogP contribution in [-0.2, 0) is 25.4 Å². The molecule has 1 aromatic carbocycles. The van der Waals surface area contributed by atoms with Gasteiger partial charge in [-0.25, -0.2) is 8.42 Å². The minimum atomic E-state index is -3.89. The number of Topliss-reactive ketones (excluding diaryl/α,β-unsaturated/α-hetero) is 1. The monoisotopic (exact) mass is 365 g/mol. The number of hydrogen-bond donors (Lipinski definition) is 1. The number of carbonyl (C=O) groups is 2. The zero-order valence-electron chi connectivity index (χ0n) is 13.6. The van der Waals surface area contributed by atoms with E-state index >= 15 is 0 Å². The lowest BCUT2D eigenvalue weighted by atomic mass is 9.87. The average Bonchev–Trinajstić information content (AvgIpc) is 3.14. The highest BCUT2D eigenvalue weighted by Crippen LogP contribution is 2.46. The van der Waals surface area contributed by atoms with E-state index < -0.39 is 21.8 Å². The van der Waals surface area contributed by atoms with Crippen molar-refractivity contribution in [1.29, 1.82) is 0 Å². The predicted octanol–water partition coefficient (Wildman–Crippen LogP) is 1.02. The number of benzene rings is 1. The molecule has 2 aliphatic carbocycles.